The Bertz CT molecular complexity index is 1210. The van der Waals surface area contributed by atoms with E-state index in [2.05, 4.69) is 20.5 Å². The van der Waals surface area contributed by atoms with Crippen LogP contribution in [0.2, 0.25) is 0 Å². The van der Waals surface area contributed by atoms with E-state index in [1.165, 1.54) is 0 Å². The molecule has 1 saturated heterocycles. The minimum absolute atomic E-state index is 0.0869. The van der Waals surface area contributed by atoms with Gasteiger partial charge < -0.3 is 15.0 Å². The lowest BCUT2D eigenvalue weighted by Gasteiger charge is -2.15. The van der Waals surface area contributed by atoms with Crippen LogP contribution >= 0.6 is 0 Å². The van der Waals surface area contributed by atoms with E-state index < -0.39 is 0 Å². The maximum Gasteiger partial charge on any atom is 0.253 e. The summed E-state index contributed by atoms with van der Waals surface area (Å²) in [5.41, 5.74) is 3.83. The number of anilines is 2. The number of hydrogen-bond donors (Lipinski definition) is 2. The minimum atomic E-state index is 0.0869. The molecule has 8 nitrogen and oxygen atoms in total. The number of aromatic amines is 1. The number of rotatable bonds is 5. The van der Waals surface area contributed by atoms with Gasteiger partial charge in [-0.1, -0.05) is 0 Å². The molecule has 5 rings (SSSR count). The van der Waals surface area contributed by atoms with Gasteiger partial charge in [0.05, 0.1) is 13.3 Å². The van der Waals surface area contributed by atoms with E-state index >= 15 is 0 Å². The van der Waals surface area contributed by atoms with Crippen molar-refractivity contribution in [3.8, 4) is 17.1 Å². The van der Waals surface area contributed by atoms with E-state index in [9.17, 15) is 4.79 Å². The fourth-order valence-electron chi connectivity index (χ4n) is 3.74. The van der Waals surface area contributed by atoms with Gasteiger partial charge >= 0.3 is 0 Å². The first-order valence-electron chi connectivity index (χ1n) is 10.2. The molecule has 2 aromatic carbocycles. The van der Waals surface area contributed by atoms with Crippen molar-refractivity contribution in [3.05, 3.63) is 60.3 Å². The molecule has 1 fully saturated rings. The Kier molecular flexibility index (Phi) is 4.95. The Labute approximate surface area is 179 Å². The summed E-state index contributed by atoms with van der Waals surface area (Å²) in [4.78, 5) is 23.8. The molecule has 1 amide bonds. The van der Waals surface area contributed by atoms with Crippen LogP contribution in [0, 0.1) is 0 Å². The van der Waals surface area contributed by atoms with Crippen LogP contribution in [-0.2, 0) is 0 Å². The van der Waals surface area contributed by atoms with Crippen molar-refractivity contribution in [2.45, 2.75) is 12.8 Å². The molecule has 2 aromatic heterocycles. The number of amides is 1. The van der Waals surface area contributed by atoms with Gasteiger partial charge in [0.15, 0.2) is 11.6 Å². The summed E-state index contributed by atoms with van der Waals surface area (Å²) in [7, 11) is 1.63. The molecular formula is C23H22N6O2. The number of carbonyl (C=O) groups is 1. The fraction of sp³-hybridized carbons (Fsp3) is 0.217. The Hall–Kier alpha value is -3.94. The lowest BCUT2D eigenvalue weighted by molar-refractivity contribution is 0.0793. The Morgan fingerprint density at radius 3 is 2.48 bits per heavy atom. The molecule has 156 valence electrons. The summed E-state index contributed by atoms with van der Waals surface area (Å²) in [6.45, 7) is 1.68. The van der Waals surface area contributed by atoms with Crippen LogP contribution in [0.3, 0.4) is 0 Å². The van der Waals surface area contributed by atoms with Crippen molar-refractivity contribution in [2.24, 2.45) is 0 Å². The van der Waals surface area contributed by atoms with Gasteiger partial charge in [-0.2, -0.15) is 5.10 Å². The number of H-pyrrole nitrogens is 1. The number of carbonyl (C=O) groups excluding carboxylic acids is 1. The lowest BCUT2D eigenvalue weighted by Crippen LogP contribution is -2.27. The highest BCUT2D eigenvalue weighted by Gasteiger charge is 2.19. The van der Waals surface area contributed by atoms with Crippen LogP contribution in [0.15, 0.2) is 54.7 Å². The number of ether oxygens (including phenoxy) is 1. The van der Waals surface area contributed by atoms with Gasteiger partial charge in [0.25, 0.3) is 5.91 Å². The summed E-state index contributed by atoms with van der Waals surface area (Å²) in [5, 5.41) is 10.4. The van der Waals surface area contributed by atoms with Gasteiger partial charge in [0.1, 0.15) is 16.8 Å². The van der Waals surface area contributed by atoms with E-state index in [-0.39, 0.29) is 5.91 Å². The van der Waals surface area contributed by atoms with Crippen molar-refractivity contribution in [1.82, 2.24) is 25.1 Å². The van der Waals surface area contributed by atoms with Crippen LogP contribution < -0.4 is 10.1 Å². The Morgan fingerprint density at radius 2 is 1.77 bits per heavy atom. The van der Waals surface area contributed by atoms with Gasteiger partial charge in [-0.15, -0.1) is 0 Å². The number of benzene rings is 2. The molecule has 0 bridgehead atoms. The van der Waals surface area contributed by atoms with Crippen LogP contribution in [0.25, 0.3) is 22.4 Å². The van der Waals surface area contributed by atoms with Crippen molar-refractivity contribution < 1.29 is 9.53 Å². The molecule has 31 heavy (non-hydrogen) atoms. The molecule has 0 saturated carbocycles. The highest BCUT2D eigenvalue weighted by molar-refractivity contribution is 5.95. The normalized spacial score (nSPS) is 13.5. The number of nitrogens with one attached hydrogen (secondary N) is 2. The van der Waals surface area contributed by atoms with Crippen LogP contribution in [0.5, 0.6) is 5.75 Å². The van der Waals surface area contributed by atoms with Gasteiger partial charge in [-0.3, -0.25) is 9.89 Å². The van der Waals surface area contributed by atoms with Gasteiger partial charge in [0, 0.05) is 29.9 Å². The quantitative estimate of drug-likeness (QED) is 0.512. The second-order valence-electron chi connectivity index (χ2n) is 7.46. The molecular weight excluding hydrogens is 392 g/mol. The number of aromatic nitrogens is 4. The number of nitrogens with zero attached hydrogens (tertiary/aromatic N) is 4. The second kappa shape index (κ2) is 8.06. The highest BCUT2D eigenvalue weighted by atomic mass is 16.5. The first kappa shape index (κ1) is 19.0. The third kappa shape index (κ3) is 3.79. The molecule has 1 aliphatic rings. The molecule has 0 unspecified atom stereocenters. The molecule has 8 heteroatoms. The van der Waals surface area contributed by atoms with E-state index in [0.717, 1.165) is 48.4 Å². The van der Waals surface area contributed by atoms with E-state index in [0.29, 0.717) is 22.7 Å². The van der Waals surface area contributed by atoms with Crippen LogP contribution in [-0.4, -0.2) is 51.2 Å². The van der Waals surface area contributed by atoms with Crippen LogP contribution in [0.4, 0.5) is 11.5 Å². The van der Waals surface area contributed by atoms with Crippen molar-refractivity contribution in [3.63, 3.8) is 0 Å². The molecule has 3 heterocycles. The Balaban J connectivity index is 1.43. The molecule has 0 spiro atoms. The van der Waals surface area contributed by atoms with Crippen molar-refractivity contribution in [1.29, 1.82) is 0 Å². The number of methoxy groups -OCH3 is 1. The maximum absolute atomic E-state index is 12.6. The summed E-state index contributed by atoms with van der Waals surface area (Å²) in [5.74, 6) is 2.06. The van der Waals surface area contributed by atoms with E-state index in [1.54, 1.807) is 13.3 Å². The Morgan fingerprint density at radius 1 is 1.03 bits per heavy atom. The molecule has 0 radical (unpaired) electrons. The first-order valence-corrected chi connectivity index (χ1v) is 10.2. The molecule has 2 N–H and O–H groups in total. The third-order valence-electron chi connectivity index (χ3n) is 5.44. The summed E-state index contributed by atoms with van der Waals surface area (Å²) in [6.07, 6.45) is 3.83. The van der Waals surface area contributed by atoms with Crippen molar-refractivity contribution >= 4 is 28.4 Å². The van der Waals surface area contributed by atoms with E-state index in [1.807, 2.05) is 53.4 Å². The maximum atomic E-state index is 12.6. The summed E-state index contributed by atoms with van der Waals surface area (Å²) < 4.78 is 5.23. The first-order chi connectivity index (χ1) is 15.2. The third-order valence-corrected chi connectivity index (χ3v) is 5.44. The minimum Gasteiger partial charge on any atom is -0.497 e. The van der Waals surface area contributed by atoms with Gasteiger partial charge in [-0.25, -0.2) is 9.97 Å². The topological polar surface area (TPSA) is 96.0 Å². The molecule has 0 atom stereocenters. The largest absolute Gasteiger partial charge is 0.497 e. The van der Waals surface area contributed by atoms with E-state index in [4.69, 9.17) is 9.72 Å². The predicted octanol–water partition coefficient (Wildman–Crippen LogP) is 4.01. The van der Waals surface area contributed by atoms with Gasteiger partial charge in [-0.05, 0) is 61.4 Å². The standard InChI is InChI=1S/C23H22N6O2/c1-31-18-10-6-15(7-11-18)21-26-19-14-24-28-20(19)22(27-21)25-17-8-4-16(5-9-17)23(30)29-12-2-3-13-29/h4-11,14H,2-3,12-13H2,1H3,(H,24,28)(H,25,26,27). The summed E-state index contributed by atoms with van der Waals surface area (Å²) >= 11 is 0. The predicted molar refractivity (Wildman–Crippen MR) is 119 cm³/mol. The number of hydrogen-bond acceptors (Lipinski definition) is 6. The van der Waals surface area contributed by atoms with Crippen molar-refractivity contribution in [2.75, 3.05) is 25.5 Å². The molecule has 4 aromatic rings. The zero-order valence-corrected chi connectivity index (χ0v) is 17.1. The van der Waals surface area contributed by atoms with Gasteiger partial charge in [0.2, 0.25) is 0 Å². The smallest absolute Gasteiger partial charge is 0.253 e. The lowest BCUT2D eigenvalue weighted by atomic mass is 10.2. The monoisotopic (exact) mass is 414 g/mol. The highest BCUT2D eigenvalue weighted by Crippen LogP contribution is 2.27. The number of likely N-dealkylation sites (tertiary alicyclic amines) is 1. The van der Waals surface area contributed by atoms with Crippen LogP contribution in [0.1, 0.15) is 23.2 Å². The number of fused-ring (bicyclic) bond motifs is 1. The molecule has 1 aliphatic heterocycles. The fourth-order valence-corrected chi connectivity index (χ4v) is 3.74. The average molecular weight is 414 g/mol. The summed E-state index contributed by atoms with van der Waals surface area (Å²) in [6, 6.07) is 15.1. The molecule has 0 aliphatic carbocycles. The SMILES string of the molecule is COc1ccc(-c2nc(Nc3ccc(C(=O)N4CCCC4)cc3)c3[nH]ncc3n2)cc1. The average Bonchev–Trinajstić information content (AvgIpc) is 3.51. The second-order valence-corrected chi connectivity index (χ2v) is 7.46. The zero-order chi connectivity index (χ0) is 21.2. The zero-order valence-electron chi connectivity index (χ0n) is 17.1.